The van der Waals surface area contributed by atoms with Gasteiger partial charge in [-0.05, 0) is 42.5 Å². The summed E-state index contributed by atoms with van der Waals surface area (Å²) in [5.74, 6) is -2.54. The molecule has 0 radical (unpaired) electrons. The van der Waals surface area contributed by atoms with E-state index >= 15 is 0 Å². The molecule has 0 atom stereocenters. The summed E-state index contributed by atoms with van der Waals surface area (Å²) in [7, 11) is 1.13. The van der Waals surface area contributed by atoms with E-state index in [1.54, 1.807) is 0 Å². The van der Waals surface area contributed by atoms with Crippen molar-refractivity contribution in [3.8, 4) is 5.69 Å². The number of rotatable bonds is 4. The number of amides is 1. The summed E-state index contributed by atoms with van der Waals surface area (Å²) < 4.78 is 59.2. The van der Waals surface area contributed by atoms with Crippen molar-refractivity contribution < 1.29 is 31.9 Å². The molecule has 1 N–H and O–H groups in total. The number of benzene rings is 2. The highest BCUT2D eigenvalue weighted by molar-refractivity contribution is 6.33. The number of alkyl halides is 3. The van der Waals surface area contributed by atoms with E-state index in [9.17, 15) is 27.2 Å². The van der Waals surface area contributed by atoms with Crippen LogP contribution in [-0.2, 0) is 10.9 Å². The lowest BCUT2D eigenvalue weighted by atomic mass is 10.1. The number of halogens is 5. The second-order valence-corrected chi connectivity index (χ2v) is 6.34. The Morgan fingerprint density at radius 3 is 2.37 bits per heavy atom. The number of anilines is 1. The first-order chi connectivity index (χ1) is 14.1. The van der Waals surface area contributed by atoms with Crippen LogP contribution in [0.5, 0.6) is 0 Å². The lowest BCUT2D eigenvalue weighted by Gasteiger charge is -2.13. The molecule has 30 heavy (non-hydrogen) atoms. The maximum absolute atomic E-state index is 13.7. The Kier molecular flexibility index (Phi) is 5.79. The van der Waals surface area contributed by atoms with Crippen LogP contribution in [0.1, 0.15) is 26.4 Å². The summed E-state index contributed by atoms with van der Waals surface area (Å²) in [4.78, 5) is 24.2. The minimum atomic E-state index is -4.94. The number of methoxy groups -OCH3 is 1. The first-order valence-electron chi connectivity index (χ1n) is 8.22. The number of carbonyl (C=O) groups excluding carboxylic acids is 2. The molecule has 0 bridgehead atoms. The Labute approximate surface area is 172 Å². The van der Waals surface area contributed by atoms with E-state index in [1.165, 1.54) is 18.2 Å². The van der Waals surface area contributed by atoms with Gasteiger partial charge < -0.3 is 10.1 Å². The smallest absolute Gasteiger partial charge is 0.434 e. The zero-order chi connectivity index (χ0) is 22.1. The van der Waals surface area contributed by atoms with E-state index in [4.69, 9.17) is 11.6 Å². The molecule has 0 saturated heterocycles. The highest BCUT2D eigenvalue weighted by atomic mass is 35.5. The van der Waals surface area contributed by atoms with E-state index in [1.807, 2.05) is 0 Å². The monoisotopic (exact) mass is 441 g/mol. The molecule has 0 aliphatic rings. The van der Waals surface area contributed by atoms with Gasteiger partial charge in [0.05, 0.1) is 35.1 Å². The third-order valence-corrected chi connectivity index (χ3v) is 4.31. The molecular weight excluding hydrogens is 430 g/mol. The second-order valence-electron chi connectivity index (χ2n) is 5.93. The average molecular weight is 442 g/mol. The molecule has 2 aromatic carbocycles. The summed E-state index contributed by atoms with van der Waals surface area (Å²) in [6, 6.07) is 7.91. The average Bonchev–Trinajstić information content (AvgIpc) is 3.15. The maximum Gasteiger partial charge on any atom is 0.434 e. The van der Waals surface area contributed by atoms with Gasteiger partial charge in [0.15, 0.2) is 5.69 Å². The lowest BCUT2D eigenvalue weighted by molar-refractivity contribution is -0.143. The van der Waals surface area contributed by atoms with E-state index in [-0.39, 0.29) is 22.0 Å². The van der Waals surface area contributed by atoms with Crippen molar-refractivity contribution in [1.29, 1.82) is 0 Å². The topological polar surface area (TPSA) is 73.2 Å². The first kappa shape index (κ1) is 21.3. The number of aromatic nitrogens is 2. The standard InChI is InChI=1S/C19H12ClF4N3O3/c1-30-18(29)13-8-11(4-7-15(13)20)26-17(28)14-9-25-27(16(14)19(22,23)24)12-5-2-10(21)3-6-12/h2-9H,1H3,(H,26,28). The number of ether oxygens (including phenoxy) is 1. The van der Waals surface area contributed by atoms with Crippen LogP contribution >= 0.6 is 11.6 Å². The first-order valence-corrected chi connectivity index (χ1v) is 8.60. The Morgan fingerprint density at radius 2 is 1.77 bits per heavy atom. The summed E-state index contributed by atoms with van der Waals surface area (Å²) in [6.45, 7) is 0. The fraction of sp³-hybridized carbons (Fsp3) is 0.105. The van der Waals surface area contributed by atoms with Gasteiger partial charge >= 0.3 is 12.1 Å². The van der Waals surface area contributed by atoms with Crippen LogP contribution in [0.25, 0.3) is 5.69 Å². The second kappa shape index (κ2) is 8.15. The Balaban J connectivity index is 1.99. The molecule has 3 aromatic rings. The highest BCUT2D eigenvalue weighted by Gasteiger charge is 2.40. The van der Waals surface area contributed by atoms with Gasteiger partial charge in [-0.25, -0.2) is 13.9 Å². The molecule has 3 rings (SSSR count). The van der Waals surface area contributed by atoms with Crippen LogP contribution in [0.3, 0.4) is 0 Å². The summed E-state index contributed by atoms with van der Waals surface area (Å²) in [5, 5.41) is 5.95. The van der Waals surface area contributed by atoms with Crippen molar-refractivity contribution in [2.75, 3.05) is 12.4 Å². The van der Waals surface area contributed by atoms with Gasteiger partial charge in [0.2, 0.25) is 0 Å². The molecule has 156 valence electrons. The molecule has 1 aromatic heterocycles. The molecule has 11 heteroatoms. The molecule has 0 fully saturated rings. The van der Waals surface area contributed by atoms with Crippen LogP contribution in [0.2, 0.25) is 5.02 Å². The van der Waals surface area contributed by atoms with E-state index < -0.39 is 35.1 Å². The van der Waals surface area contributed by atoms with Crippen molar-refractivity contribution in [1.82, 2.24) is 9.78 Å². The quantitative estimate of drug-likeness (QED) is 0.469. The molecule has 1 heterocycles. The van der Waals surface area contributed by atoms with E-state index in [2.05, 4.69) is 15.2 Å². The van der Waals surface area contributed by atoms with Crippen molar-refractivity contribution in [3.63, 3.8) is 0 Å². The van der Waals surface area contributed by atoms with Crippen LogP contribution < -0.4 is 5.32 Å². The predicted molar refractivity (Wildman–Crippen MR) is 99.3 cm³/mol. The van der Waals surface area contributed by atoms with Gasteiger partial charge in [0.25, 0.3) is 5.91 Å². The largest absolute Gasteiger partial charge is 0.465 e. The summed E-state index contributed by atoms with van der Waals surface area (Å²) in [5.41, 5.74) is -2.24. The highest BCUT2D eigenvalue weighted by Crippen LogP contribution is 2.34. The number of nitrogens with one attached hydrogen (secondary N) is 1. The van der Waals surface area contributed by atoms with Gasteiger partial charge in [-0.2, -0.15) is 18.3 Å². The minimum Gasteiger partial charge on any atom is -0.465 e. The minimum absolute atomic E-state index is 0.0208. The third kappa shape index (κ3) is 4.28. The van der Waals surface area contributed by atoms with Gasteiger partial charge in [-0.1, -0.05) is 11.6 Å². The fourth-order valence-corrected chi connectivity index (χ4v) is 2.83. The van der Waals surface area contributed by atoms with E-state index in [0.717, 1.165) is 37.6 Å². The third-order valence-electron chi connectivity index (χ3n) is 3.98. The predicted octanol–water partition coefficient (Wildman–Crippen LogP) is 4.72. The molecule has 1 amide bonds. The molecular formula is C19H12ClF4N3O3. The molecule has 0 unspecified atom stereocenters. The van der Waals surface area contributed by atoms with Crippen LogP contribution in [0, 0.1) is 5.82 Å². The molecule has 0 aliphatic carbocycles. The Bertz CT molecular complexity index is 1110. The van der Waals surface area contributed by atoms with Crippen LogP contribution in [0.4, 0.5) is 23.2 Å². The molecule has 0 aliphatic heterocycles. The van der Waals surface area contributed by atoms with Crippen LogP contribution in [-0.4, -0.2) is 28.8 Å². The fourth-order valence-electron chi connectivity index (χ4n) is 2.63. The molecule has 0 saturated carbocycles. The van der Waals surface area contributed by atoms with Gasteiger partial charge in [0, 0.05) is 5.69 Å². The maximum atomic E-state index is 13.7. The zero-order valence-electron chi connectivity index (χ0n) is 15.1. The van der Waals surface area contributed by atoms with E-state index in [0.29, 0.717) is 4.68 Å². The summed E-state index contributed by atoms with van der Waals surface area (Å²) >= 11 is 5.89. The number of nitrogens with zero attached hydrogens (tertiary/aromatic N) is 2. The van der Waals surface area contributed by atoms with Crippen molar-refractivity contribution in [2.45, 2.75) is 6.18 Å². The number of esters is 1. The van der Waals surface area contributed by atoms with Crippen molar-refractivity contribution >= 4 is 29.2 Å². The SMILES string of the molecule is COC(=O)c1cc(NC(=O)c2cnn(-c3ccc(F)cc3)c2C(F)(F)F)ccc1Cl. The van der Waals surface area contributed by atoms with Gasteiger partial charge in [-0.3, -0.25) is 4.79 Å². The zero-order valence-corrected chi connectivity index (χ0v) is 15.9. The lowest BCUT2D eigenvalue weighted by Crippen LogP contribution is -2.21. The van der Waals surface area contributed by atoms with Gasteiger partial charge in [-0.15, -0.1) is 0 Å². The van der Waals surface area contributed by atoms with Crippen molar-refractivity contribution in [2.24, 2.45) is 0 Å². The molecule has 0 spiro atoms. The van der Waals surface area contributed by atoms with Gasteiger partial charge in [0.1, 0.15) is 5.82 Å². The number of hydrogen-bond donors (Lipinski definition) is 1. The molecule has 6 nitrogen and oxygen atoms in total. The van der Waals surface area contributed by atoms with Crippen molar-refractivity contribution in [3.05, 3.63) is 76.3 Å². The normalized spacial score (nSPS) is 11.3. The summed E-state index contributed by atoms with van der Waals surface area (Å²) in [6.07, 6.45) is -4.19. The number of carbonyl (C=O) groups is 2. The Hall–Kier alpha value is -3.40. The van der Waals surface area contributed by atoms with Crippen LogP contribution in [0.15, 0.2) is 48.7 Å². The number of hydrogen-bond acceptors (Lipinski definition) is 4. The Morgan fingerprint density at radius 1 is 1.10 bits per heavy atom.